The van der Waals surface area contributed by atoms with Gasteiger partial charge in [0.1, 0.15) is 34.8 Å². The highest BCUT2D eigenvalue weighted by Gasteiger charge is 2.26. The van der Waals surface area contributed by atoms with Gasteiger partial charge in [-0.05, 0) is 31.2 Å². The first-order valence-electron chi connectivity index (χ1n) is 10.5. The average molecular weight is 469 g/mol. The number of hydrogen-bond donors (Lipinski definition) is 0. The molecule has 1 fully saturated rings. The molecule has 5 rings (SSSR count). The molecule has 1 saturated heterocycles. The second-order valence-electron chi connectivity index (χ2n) is 8.13. The fourth-order valence-corrected chi connectivity index (χ4v) is 4.22. The van der Waals surface area contributed by atoms with E-state index >= 15 is 0 Å². The number of rotatable bonds is 3. The Balaban J connectivity index is 1.67. The van der Waals surface area contributed by atoms with Gasteiger partial charge in [0.2, 0.25) is 0 Å². The summed E-state index contributed by atoms with van der Waals surface area (Å²) < 4.78 is 24.1. The van der Waals surface area contributed by atoms with Crippen molar-refractivity contribution >= 4 is 28.3 Å². The molecule has 8 nitrogen and oxygen atoms in total. The zero-order valence-electron chi connectivity index (χ0n) is 18.4. The maximum absolute atomic E-state index is 14.9. The number of benzene rings is 1. The summed E-state index contributed by atoms with van der Waals surface area (Å²) in [6, 6.07) is 6.13. The van der Waals surface area contributed by atoms with E-state index < -0.39 is 5.82 Å². The van der Waals surface area contributed by atoms with Crippen LogP contribution in [-0.2, 0) is 18.8 Å². The van der Waals surface area contributed by atoms with Crippen LogP contribution in [0.15, 0.2) is 41.5 Å². The average Bonchev–Trinajstić information content (AvgIpc) is 3.24. The Labute approximate surface area is 194 Å². The molecule has 4 aromatic rings. The number of anilines is 1. The van der Waals surface area contributed by atoms with Crippen LogP contribution in [0.1, 0.15) is 17.5 Å². The van der Waals surface area contributed by atoms with Crippen LogP contribution in [0.2, 0.25) is 5.02 Å². The van der Waals surface area contributed by atoms with Crippen molar-refractivity contribution in [1.82, 2.24) is 24.3 Å². The molecular formula is C23H22ClFN6O2. The number of aromatic nitrogens is 5. The van der Waals surface area contributed by atoms with Crippen LogP contribution in [0.3, 0.4) is 0 Å². The van der Waals surface area contributed by atoms with Gasteiger partial charge in [-0.25, -0.2) is 14.4 Å². The second kappa shape index (κ2) is 8.24. The van der Waals surface area contributed by atoms with Gasteiger partial charge < -0.3 is 9.64 Å². The van der Waals surface area contributed by atoms with E-state index in [9.17, 15) is 9.18 Å². The molecule has 1 aliphatic heterocycles. The van der Waals surface area contributed by atoms with E-state index in [1.807, 2.05) is 18.1 Å². The molecule has 170 valence electrons. The molecule has 0 N–H and O–H groups in total. The Morgan fingerprint density at radius 2 is 2.03 bits per heavy atom. The summed E-state index contributed by atoms with van der Waals surface area (Å²) in [7, 11) is 3.52. The quantitative estimate of drug-likeness (QED) is 0.458. The second-order valence-corrected chi connectivity index (χ2v) is 8.56. The van der Waals surface area contributed by atoms with Gasteiger partial charge in [0.15, 0.2) is 0 Å². The minimum absolute atomic E-state index is 0.195. The van der Waals surface area contributed by atoms with Crippen LogP contribution in [0.25, 0.3) is 22.2 Å². The van der Waals surface area contributed by atoms with Crippen LogP contribution >= 0.6 is 11.6 Å². The fourth-order valence-electron chi connectivity index (χ4n) is 4.06. The lowest BCUT2D eigenvalue weighted by molar-refractivity contribution is 0.0395. The third kappa shape index (κ3) is 3.87. The van der Waals surface area contributed by atoms with Crippen LogP contribution in [0.5, 0.6) is 0 Å². The van der Waals surface area contributed by atoms with Crippen molar-refractivity contribution < 1.29 is 9.13 Å². The molecule has 0 aliphatic carbocycles. The lowest BCUT2D eigenvalue weighted by atomic mass is 10.1. The normalized spacial score (nSPS) is 16.5. The molecule has 0 unspecified atom stereocenters. The Morgan fingerprint density at radius 1 is 1.21 bits per heavy atom. The van der Waals surface area contributed by atoms with E-state index in [-0.39, 0.29) is 22.2 Å². The first-order valence-corrected chi connectivity index (χ1v) is 10.9. The minimum Gasteiger partial charge on any atom is -0.370 e. The van der Waals surface area contributed by atoms with Crippen LogP contribution in [0, 0.1) is 12.7 Å². The van der Waals surface area contributed by atoms with E-state index in [4.69, 9.17) is 21.3 Å². The van der Waals surface area contributed by atoms with E-state index in [1.54, 1.807) is 43.0 Å². The lowest BCUT2D eigenvalue weighted by Gasteiger charge is -2.33. The minimum atomic E-state index is -0.524. The monoisotopic (exact) mass is 468 g/mol. The van der Waals surface area contributed by atoms with Gasteiger partial charge in [-0.1, -0.05) is 11.6 Å². The van der Waals surface area contributed by atoms with Gasteiger partial charge in [0.05, 0.1) is 18.2 Å². The number of nitrogens with zero attached hydrogens (tertiary/aromatic N) is 6. The van der Waals surface area contributed by atoms with Gasteiger partial charge in [-0.3, -0.25) is 14.0 Å². The third-order valence-corrected chi connectivity index (χ3v) is 6.18. The summed E-state index contributed by atoms with van der Waals surface area (Å²) in [5.41, 5.74) is 1.65. The fraction of sp³-hybridized carbons (Fsp3) is 0.304. The van der Waals surface area contributed by atoms with Gasteiger partial charge in [0, 0.05) is 49.5 Å². The summed E-state index contributed by atoms with van der Waals surface area (Å²) in [5.74, 6) is 0.552. The molecule has 1 aliphatic rings. The van der Waals surface area contributed by atoms with E-state index in [2.05, 4.69) is 10.1 Å². The molecular weight excluding hydrogens is 447 g/mol. The number of hydrogen-bond acceptors (Lipinski definition) is 6. The Kier molecular flexibility index (Phi) is 5.38. The van der Waals surface area contributed by atoms with E-state index in [0.29, 0.717) is 47.9 Å². The number of pyridine rings is 1. The van der Waals surface area contributed by atoms with Crippen molar-refractivity contribution in [1.29, 1.82) is 0 Å². The maximum Gasteiger partial charge on any atom is 0.261 e. The first kappa shape index (κ1) is 21.5. The Hall–Kier alpha value is -3.30. The van der Waals surface area contributed by atoms with Crippen molar-refractivity contribution in [3.05, 3.63) is 69.2 Å². The summed E-state index contributed by atoms with van der Waals surface area (Å²) in [6.07, 6.45) is 3.50. The van der Waals surface area contributed by atoms with Gasteiger partial charge >= 0.3 is 0 Å². The van der Waals surface area contributed by atoms with Crippen molar-refractivity contribution in [2.45, 2.75) is 13.0 Å². The van der Waals surface area contributed by atoms with Crippen LogP contribution in [-0.4, -0.2) is 44.0 Å². The zero-order chi connectivity index (χ0) is 23.3. The molecule has 4 heterocycles. The first-order chi connectivity index (χ1) is 15.8. The van der Waals surface area contributed by atoms with Crippen molar-refractivity contribution in [2.24, 2.45) is 14.1 Å². The van der Waals surface area contributed by atoms with E-state index in [1.165, 1.54) is 10.6 Å². The number of fused-ring (bicyclic) bond motifs is 1. The van der Waals surface area contributed by atoms with Crippen molar-refractivity contribution in [3.63, 3.8) is 0 Å². The Bertz CT molecular complexity index is 1430. The number of halogens is 2. The van der Waals surface area contributed by atoms with Gasteiger partial charge in [0.25, 0.3) is 5.56 Å². The van der Waals surface area contributed by atoms with Gasteiger partial charge in [-0.2, -0.15) is 5.10 Å². The smallest absolute Gasteiger partial charge is 0.261 e. The molecule has 10 heteroatoms. The molecule has 0 saturated carbocycles. The molecule has 0 radical (unpaired) electrons. The molecule has 0 bridgehead atoms. The Morgan fingerprint density at radius 3 is 2.76 bits per heavy atom. The molecule has 0 spiro atoms. The lowest BCUT2D eigenvalue weighted by Crippen LogP contribution is -2.39. The molecule has 1 atom stereocenters. The maximum atomic E-state index is 14.9. The van der Waals surface area contributed by atoms with Crippen molar-refractivity contribution in [3.8, 4) is 11.3 Å². The number of ether oxygens (including phenoxy) is 1. The zero-order valence-corrected chi connectivity index (χ0v) is 19.2. The van der Waals surface area contributed by atoms with Gasteiger partial charge in [-0.15, -0.1) is 0 Å². The molecule has 0 amide bonds. The molecule has 1 aromatic carbocycles. The SMILES string of the molecule is Cc1nc2c(-c3ccc(Cl)cc3F)nc(N3CCO[C@H](c4cnn(C)c4)C3)cc2c(=O)n1C. The third-order valence-electron chi connectivity index (χ3n) is 5.95. The molecule has 3 aromatic heterocycles. The summed E-state index contributed by atoms with van der Waals surface area (Å²) in [4.78, 5) is 24.5. The largest absolute Gasteiger partial charge is 0.370 e. The summed E-state index contributed by atoms with van der Waals surface area (Å²) in [5, 5.41) is 4.89. The van der Waals surface area contributed by atoms with Crippen LogP contribution < -0.4 is 10.5 Å². The number of morpholine rings is 1. The predicted molar refractivity (Wildman–Crippen MR) is 124 cm³/mol. The highest BCUT2D eigenvalue weighted by molar-refractivity contribution is 6.30. The topological polar surface area (TPSA) is 78.1 Å². The highest BCUT2D eigenvalue weighted by Crippen LogP contribution is 2.33. The standard InChI is InChI=1S/C23H22ClFN6O2/c1-13-27-22-17(23(32)30(13)3)9-20(28-21(22)16-5-4-15(24)8-18(16)25)31-6-7-33-19(12-31)14-10-26-29(2)11-14/h4-5,8-11,19H,6-7,12H2,1-3H3/t19-/m0/s1. The van der Waals surface area contributed by atoms with Crippen LogP contribution in [0.4, 0.5) is 10.2 Å². The molecule has 33 heavy (non-hydrogen) atoms. The predicted octanol–water partition coefficient (Wildman–Crippen LogP) is 3.41. The van der Waals surface area contributed by atoms with Crippen molar-refractivity contribution in [2.75, 3.05) is 24.6 Å². The number of aryl methyl sites for hydroxylation is 2. The van der Waals surface area contributed by atoms with E-state index in [0.717, 1.165) is 5.56 Å². The highest BCUT2D eigenvalue weighted by atomic mass is 35.5. The summed E-state index contributed by atoms with van der Waals surface area (Å²) >= 11 is 5.96. The summed E-state index contributed by atoms with van der Waals surface area (Å²) in [6.45, 7) is 3.31.